The predicted octanol–water partition coefficient (Wildman–Crippen LogP) is 2.15. The minimum Gasteiger partial charge on any atom is -0.465 e. The predicted molar refractivity (Wildman–Crippen MR) is 63.6 cm³/mol. The van der Waals surface area contributed by atoms with Crippen molar-refractivity contribution < 1.29 is 19.1 Å². The average molecular weight is 278 g/mol. The normalized spacial score (nSPS) is 9.88. The second-order valence-electron chi connectivity index (χ2n) is 2.99. The number of methoxy groups -OCH3 is 2. The third kappa shape index (κ3) is 2.45. The van der Waals surface area contributed by atoms with E-state index in [9.17, 15) is 9.59 Å². The Hall–Kier alpha value is -1.46. The number of halogens is 2. The number of carbonyl (C=O) groups is 2. The summed E-state index contributed by atoms with van der Waals surface area (Å²) in [6.45, 7) is 0. The van der Waals surface area contributed by atoms with Gasteiger partial charge in [-0.3, -0.25) is 0 Å². The van der Waals surface area contributed by atoms with E-state index in [2.05, 4.69) is 9.47 Å². The van der Waals surface area contributed by atoms with Crippen molar-refractivity contribution in [2.45, 2.75) is 0 Å². The SMILES string of the molecule is COC(=O)c1cc(Cl)c(C(=O)OC)c(Cl)c1N. The maximum absolute atomic E-state index is 11.4. The van der Waals surface area contributed by atoms with Crippen LogP contribution in [0.3, 0.4) is 0 Å². The molecule has 0 heterocycles. The molecule has 0 fully saturated rings. The number of hydrogen-bond donors (Lipinski definition) is 1. The number of nitrogens with two attached hydrogens (primary N) is 1. The number of benzene rings is 1. The van der Waals surface area contributed by atoms with Gasteiger partial charge in [-0.25, -0.2) is 9.59 Å². The maximum atomic E-state index is 11.4. The van der Waals surface area contributed by atoms with Crippen LogP contribution in [0.1, 0.15) is 20.7 Å². The summed E-state index contributed by atoms with van der Waals surface area (Å²) in [5.74, 6) is -1.43. The quantitative estimate of drug-likeness (QED) is 0.662. The molecule has 1 rings (SSSR count). The van der Waals surface area contributed by atoms with Crippen molar-refractivity contribution in [3.63, 3.8) is 0 Å². The molecule has 5 nitrogen and oxygen atoms in total. The molecule has 1 aromatic rings. The molecule has 0 aliphatic rings. The molecule has 0 atom stereocenters. The first-order valence-corrected chi connectivity index (χ1v) is 5.13. The molecule has 0 bridgehead atoms. The fourth-order valence-electron chi connectivity index (χ4n) is 1.20. The van der Waals surface area contributed by atoms with Crippen LogP contribution in [0.25, 0.3) is 0 Å². The molecular weight excluding hydrogens is 269 g/mol. The van der Waals surface area contributed by atoms with Gasteiger partial charge in [-0.1, -0.05) is 23.2 Å². The molecule has 1 aromatic carbocycles. The van der Waals surface area contributed by atoms with Crippen LogP contribution < -0.4 is 5.73 Å². The highest BCUT2D eigenvalue weighted by atomic mass is 35.5. The van der Waals surface area contributed by atoms with Crippen molar-refractivity contribution >= 4 is 40.8 Å². The molecule has 0 spiro atoms. The van der Waals surface area contributed by atoms with E-state index in [4.69, 9.17) is 28.9 Å². The van der Waals surface area contributed by atoms with Crippen LogP contribution in [0.15, 0.2) is 6.07 Å². The van der Waals surface area contributed by atoms with Crippen LogP contribution in [0, 0.1) is 0 Å². The number of nitrogen functional groups attached to an aromatic ring is 1. The molecule has 0 radical (unpaired) electrons. The van der Waals surface area contributed by atoms with E-state index in [0.717, 1.165) is 0 Å². The molecule has 0 amide bonds. The molecule has 0 unspecified atom stereocenters. The number of hydrogen-bond acceptors (Lipinski definition) is 5. The van der Waals surface area contributed by atoms with Crippen molar-refractivity contribution in [1.29, 1.82) is 0 Å². The van der Waals surface area contributed by atoms with Gasteiger partial charge in [0.25, 0.3) is 0 Å². The second-order valence-corrected chi connectivity index (χ2v) is 3.78. The van der Waals surface area contributed by atoms with E-state index in [1.54, 1.807) is 0 Å². The molecule has 0 aliphatic carbocycles. The summed E-state index contributed by atoms with van der Waals surface area (Å²) in [5, 5.41) is -0.166. The summed E-state index contributed by atoms with van der Waals surface area (Å²) in [4.78, 5) is 22.7. The number of carbonyl (C=O) groups excluding carboxylic acids is 2. The molecule has 92 valence electrons. The van der Waals surface area contributed by atoms with Crippen molar-refractivity contribution in [3.05, 3.63) is 27.2 Å². The number of anilines is 1. The third-order valence-corrected chi connectivity index (χ3v) is 2.74. The van der Waals surface area contributed by atoms with E-state index in [0.29, 0.717) is 0 Å². The Morgan fingerprint density at radius 3 is 2.18 bits per heavy atom. The lowest BCUT2D eigenvalue weighted by Gasteiger charge is -2.11. The van der Waals surface area contributed by atoms with Crippen LogP contribution in [-0.4, -0.2) is 26.2 Å². The van der Waals surface area contributed by atoms with Gasteiger partial charge in [0.05, 0.1) is 41.1 Å². The highest BCUT2D eigenvalue weighted by Gasteiger charge is 2.23. The summed E-state index contributed by atoms with van der Waals surface area (Å²) >= 11 is 11.7. The standard InChI is InChI=1S/C10H9Cl2NO4/c1-16-9(14)4-3-5(11)6(10(15)17-2)7(12)8(4)13/h3H,13H2,1-2H3. The van der Waals surface area contributed by atoms with Crippen molar-refractivity contribution in [2.75, 3.05) is 20.0 Å². The monoisotopic (exact) mass is 277 g/mol. The topological polar surface area (TPSA) is 78.6 Å². The Kier molecular flexibility index (Phi) is 4.20. The Morgan fingerprint density at radius 1 is 1.18 bits per heavy atom. The zero-order valence-corrected chi connectivity index (χ0v) is 10.6. The van der Waals surface area contributed by atoms with E-state index in [1.165, 1.54) is 20.3 Å². The summed E-state index contributed by atoms with van der Waals surface area (Å²) in [6.07, 6.45) is 0. The Labute approximate surface area is 107 Å². The molecular formula is C10H9Cl2NO4. The average Bonchev–Trinajstić information content (AvgIpc) is 2.32. The van der Waals surface area contributed by atoms with Crippen LogP contribution >= 0.6 is 23.2 Å². The zero-order chi connectivity index (χ0) is 13.2. The van der Waals surface area contributed by atoms with Crippen LogP contribution in [0.5, 0.6) is 0 Å². The molecule has 17 heavy (non-hydrogen) atoms. The fourth-order valence-corrected chi connectivity index (χ4v) is 1.81. The van der Waals surface area contributed by atoms with Crippen molar-refractivity contribution in [2.24, 2.45) is 0 Å². The molecule has 7 heteroatoms. The van der Waals surface area contributed by atoms with Crippen LogP contribution in [0.2, 0.25) is 10.0 Å². The van der Waals surface area contributed by atoms with E-state index in [1.807, 2.05) is 0 Å². The summed E-state index contributed by atoms with van der Waals surface area (Å²) in [6, 6.07) is 1.21. The van der Waals surface area contributed by atoms with Gasteiger partial charge < -0.3 is 15.2 Å². The fraction of sp³-hybridized carbons (Fsp3) is 0.200. The highest BCUT2D eigenvalue weighted by Crippen LogP contribution is 2.34. The van der Waals surface area contributed by atoms with Crippen LogP contribution in [-0.2, 0) is 9.47 Å². The van der Waals surface area contributed by atoms with Gasteiger partial charge in [0.1, 0.15) is 0 Å². The molecule has 0 saturated carbocycles. The highest BCUT2D eigenvalue weighted by molar-refractivity contribution is 6.41. The van der Waals surface area contributed by atoms with Gasteiger partial charge in [0, 0.05) is 0 Å². The minimum absolute atomic E-state index is 0.00449. The van der Waals surface area contributed by atoms with Gasteiger partial charge in [-0.15, -0.1) is 0 Å². The first kappa shape index (κ1) is 13.6. The van der Waals surface area contributed by atoms with E-state index >= 15 is 0 Å². The third-order valence-electron chi connectivity index (χ3n) is 2.05. The maximum Gasteiger partial charge on any atom is 0.340 e. The number of esters is 2. The first-order chi connectivity index (χ1) is 7.93. The molecule has 2 N–H and O–H groups in total. The second kappa shape index (κ2) is 5.25. The lowest BCUT2D eigenvalue weighted by atomic mass is 10.1. The van der Waals surface area contributed by atoms with Crippen molar-refractivity contribution in [3.8, 4) is 0 Å². The zero-order valence-electron chi connectivity index (χ0n) is 9.04. The van der Waals surface area contributed by atoms with E-state index in [-0.39, 0.29) is 26.9 Å². The van der Waals surface area contributed by atoms with Gasteiger partial charge in [-0.2, -0.15) is 0 Å². The Bertz CT molecular complexity index is 488. The summed E-state index contributed by atoms with van der Waals surface area (Å²) in [7, 11) is 2.37. The van der Waals surface area contributed by atoms with Gasteiger partial charge in [0.2, 0.25) is 0 Å². The summed E-state index contributed by atoms with van der Waals surface area (Å²) in [5.41, 5.74) is 5.45. The summed E-state index contributed by atoms with van der Waals surface area (Å²) < 4.78 is 9.00. The smallest absolute Gasteiger partial charge is 0.340 e. The van der Waals surface area contributed by atoms with Crippen LogP contribution in [0.4, 0.5) is 5.69 Å². The molecule has 0 aromatic heterocycles. The molecule has 0 aliphatic heterocycles. The number of ether oxygens (including phenoxy) is 2. The van der Waals surface area contributed by atoms with E-state index < -0.39 is 11.9 Å². The first-order valence-electron chi connectivity index (χ1n) is 4.38. The van der Waals surface area contributed by atoms with Gasteiger partial charge >= 0.3 is 11.9 Å². The Balaban J connectivity index is 3.47. The Morgan fingerprint density at radius 2 is 1.71 bits per heavy atom. The van der Waals surface area contributed by atoms with Gasteiger partial charge in [-0.05, 0) is 6.07 Å². The van der Waals surface area contributed by atoms with Gasteiger partial charge in [0.15, 0.2) is 0 Å². The number of rotatable bonds is 2. The molecule has 0 saturated heterocycles. The largest absolute Gasteiger partial charge is 0.465 e. The van der Waals surface area contributed by atoms with Crippen molar-refractivity contribution in [1.82, 2.24) is 0 Å². The minimum atomic E-state index is -0.733. The lowest BCUT2D eigenvalue weighted by molar-refractivity contribution is 0.0588. The lowest BCUT2D eigenvalue weighted by Crippen LogP contribution is -2.11.